The van der Waals surface area contributed by atoms with Gasteiger partial charge in [-0.15, -0.1) is 0 Å². The van der Waals surface area contributed by atoms with E-state index >= 15 is 0 Å². The molecule has 0 aliphatic carbocycles. The smallest absolute Gasteiger partial charge is 0.159 e. The zero-order valence-electron chi connectivity index (χ0n) is 15.2. The molecule has 0 spiro atoms. The monoisotopic (exact) mass is 352 g/mol. The first-order valence-electron chi connectivity index (χ1n) is 9.11. The van der Waals surface area contributed by atoms with E-state index < -0.39 is 6.10 Å². The Hall–Kier alpha value is -2.43. The van der Waals surface area contributed by atoms with Crippen LogP contribution in [-0.2, 0) is 0 Å². The Labute approximate surface area is 154 Å². The van der Waals surface area contributed by atoms with Gasteiger partial charge in [0.2, 0.25) is 0 Å². The van der Waals surface area contributed by atoms with E-state index in [0.29, 0.717) is 17.9 Å². The van der Waals surface area contributed by atoms with Crippen LogP contribution in [0.1, 0.15) is 29.3 Å². The normalized spacial score (nSPS) is 18.1. The quantitative estimate of drug-likeness (QED) is 0.750. The van der Waals surface area contributed by atoms with Crippen LogP contribution in [0.5, 0.6) is 5.75 Å². The van der Waals surface area contributed by atoms with E-state index in [0.717, 1.165) is 19.5 Å². The lowest BCUT2D eigenvalue weighted by Gasteiger charge is -2.25. The Kier molecular flexibility index (Phi) is 6.21. The first-order chi connectivity index (χ1) is 12.6. The lowest BCUT2D eigenvalue weighted by molar-refractivity contribution is -0.898. The molecule has 3 rings (SSSR count). The van der Waals surface area contributed by atoms with Crippen LogP contribution in [0.3, 0.4) is 0 Å². The molecule has 1 aliphatic heterocycles. The summed E-state index contributed by atoms with van der Waals surface area (Å²) in [4.78, 5) is 12.8. The Morgan fingerprint density at radius 1 is 1.19 bits per heavy atom. The van der Waals surface area contributed by atoms with Crippen molar-refractivity contribution in [3.05, 3.63) is 71.8 Å². The molecular weight excluding hydrogens is 326 g/mol. The summed E-state index contributed by atoms with van der Waals surface area (Å²) in [5.41, 5.74) is 3.30. The molecule has 1 aliphatic rings. The van der Waals surface area contributed by atoms with Gasteiger partial charge < -0.3 is 14.7 Å². The average Bonchev–Trinajstić information content (AvgIpc) is 2.68. The van der Waals surface area contributed by atoms with Crippen LogP contribution in [0.25, 0.3) is 5.57 Å². The second-order valence-corrected chi connectivity index (χ2v) is 6.80. The molecule has 2 aromatic rings. The maximum absolute atomic E-state index is 11.4. The predicted octanol–water partition coefficient (Wildman–Crippen LogP) is 2.00. The van der Waals surface area contributed by atoms with E-state index in [9.17, 15) is 9.90 Å². The molecule has 0 amide bonds. The highest BCUT2D eigenvalue weighted by atomic mass is 16.5. The Morgan fingerprint density at radius 2 is 2.00 bits per heavy atom. The van der Waals surface area contributed by atoms with Crippen LogP contribution in [0, 0.1) is 0 Å². The molecule has 0 radical (unpaired) electrons. The van der Waals surface area contributed by atoms with Gasteiger partial charge >= 0.3 is 0 Å². The van der Waals surface area contributed by atoms with Crippen LogP contribution < -0.4 is 9.64 Å². The van der Waals surface area contributed by atoms with Gasteiger partial charge in [-0.05, 0) is 36.3 Å². The summed E-state index contributed by atoms with van der Waals surface area (Å²) in [5.74, 6) is 0.631. The Balaban J connectivity index is 1.47. The highest BCUT2D eigenvalue weighted by molar-refractivity contribution is 5.94. The first-order valence-corrected chi connectivity index (χ1v) is 9.11. The molecule has 0 saturated heterocycles. The third-order valence-corrected chi connectivity index (χ3v) is 4.74. The first kappa shape index (κ1) is 18.4. The summed E-state index contributed by atoms with van der Waals surface area (Å²) in [6.45, 7) is 4.36. The molecule has 4 nitrogen and oxygen atoms in total. The van der Waals surface area contributed by atoms with Gasteiger partial charge in [-0.1, -0.05) is 42.5 Å². The molecule has 0 fully saturated rings. The van der Waals surface area contributed by atoms with Gasteiger partial charge in [0.1, 0.15) is 25.0 Å². The molecule has 1 heterocycles. The lowest BCUT2D eigenvalue weighted by Crippen LogP contribution is -3.13. The van der Waals surface area contributed by atoms with Gasteiger partial charge in [-0.25, -0.2) is 0 Å². The molecule has 0 saturated carbocycles. The Bertz CT molecular complexity index is 770. The maximum atomic E-state index is 11.4. The van der Waals surface area contributed by atoms with Crippen molar-refractivity contribution in [2.45, 2.75) is 19.4 Å². The fraction of sp³-hybridized carbons (Fsp3) is 0.318. The molecule has 136 valence electrons. The summed E-state index contributed by atoms with van der Waals surface area (Å²) in [6, 6.07) is 17.6. The second-order valence-electron chi connectivity index (χ2n) is 6.80. The Morgan fingerprint density at radius 3 is 2.69 bits per heavy atom. The number of aliphatic hydroxyl groups is 1. The van der Waals surface area contributed by atoms with Crippen molar-refractivity contribution in [3.8, 4) is 5.75 Å². The van der Waals surface area contributed by atoms with E-state index in [1.807, 2.05) is 12.1 Å². The number of aliphatic hydroxyl groups excluding tert-OH is 1. The maximum Gasteiger partial charge on any atom is 0.159 e. The SMILES string of the molecule is CC(=O)c1cccc(OC[C@H](O)C[NH+]2CC=C(c3ccccc3)CC2)c1. The molecule has 2 aromatic carbocycles. The predicted molar refractivity (Wildman–Crippen MR) is 103 cm³/mol. The van der Waals surface area contributed by atoms with Crippen LogP contribution in [-0.4, -0.2) is 43.2 Å². The lowest BCUT2D eigenvalue weighted by atomic mass is 9.99. The minimum Gasteiger partial charge on any atom is -0.491 e. The number of nitrogens with one attached hydrogen (secondary N) is 1. The highest BCUT2D eigenvalue weighted by Gasteiger charge is 2.19. The van der Waals surface area contributed by atoms with E-state index in [1.165, 1.54) is 23.0 Å². The number of rotatable bonds is 7. The molecule has 26 heavy (non-hydrogen) atoms. The van der Waals surface area contributed by atoms with E-state index in [1.54, 1.807) is 18.2 Å². The van der Waals surface area contributed by atoms with Crippen molar-refractivity contribution in [2.75, 3.05) is 26.2 Å². The number of quaternary nitrogens is 1. The molecule has 2 N–H and O–H groups in total. The van der Waals surface area contributed by atoms with Gasteiger partial charge in [0, 0.05) is 12.0 Å². The van der Waals surface area contributed by atoms with Gasteiger partial charge in [0.25, 0.3) is 0 Å². The zero-order valence-corrected chi connectivity index (χ0v) is 15.2. The molecule has 4 heteroatoms. The summed E-state index contributed by atoms with van der Waals surface area (Å²) in [6.07, 6.45) is 2.77. The van der Waals surface area contributed by atoms with Gasteiger partial charge in [-0.2, -0.15) is 0 Å². The third kappa shape index (κ3) is 5.04. The minimum atomic E-state index is -0.530. The van der Waals surface area contributed by atoms with Gasteiger partial charge in [0.05, 0.1) is 13.1 Å². The third-order valence-electron chi connectivity index (χ3n) is 4.74. The van der Waals surface area contributed by atoms with E-state index in [-0.39, 0.29) is 12.4 Å². The van der Waals surface area contributed by atoms with Crippen molar-refractivity contribution in [3.63, 3.8) is 0 Å². The van der Waals surface area contributed by atoms with Gasteiger partial charge in [-0.3, -0.25) is 4.79 Å². The zero-order chi connectivity index (χ0) is 18.4. The van der Waals surface area contributed by atoms with Crippen molar-refractivity contribution in [1.82, 2.24) is 0 Å². The topological polar surface area (TPSA) is 51.0 Å². The summed E-state index contributed by atoms with van der Waals surface area (Å²) >= 11 is 0. The fourth-order valence-corrected chi connectivity index (χ4v) is 3.27. The minimum absolute atomic E-state index is 0.00904. The van der Waals surface area contributed by atoms with Crippen LogP contribution in [0.2, 0.25) is 0 Å². The molecular formula is C22H26NO3+. The number of hydrogen-bond donors (Lipinski definition) is 2. The number of Topliss-reactive ketones (excluding diaryl/α,β-unsaturated/α-hetero) is 1. The van der Waals surface area contributed by atoms with Crippen molar-refractivity contribution < 1.29 is 19.5 Å². The average molecular weight is 352 g/mol. The number of hydrogen-bond acceptors (Lipinski definition) is 3. The standard InChI is InChI=1S/C22H25NO3/c1-17(24)20-8-5-9-22(14-20)26-16-21(25)15-23-12-10-19(11-13-23)18-6-3-2-4-7-18/h2-10,14,21,25H,11-13,15-16H2,1H3/p+1/t21-/m1/s1. The van der Waals surface area contributed by atoms with E-state index in [4.69, 9.17) is 4.74 Å². The molecule has 0 bridgehead atoms. The largest absolute Gasteiger partial charge is 0.491 e. The second kappa shape index (κ2) is 8.79. The molecule has 0 aromatic heterocycles. The number of carbonyl (C=O) groups excluding carboxylic acids is 1. The highest BCUT2D eigenvalue weighted by Crippen LogP contribution is 2.18. The molecule has 2 atom stereocenters. The summed E-state index contributed by atoms with van der Waals surface area (Å²) in [5, 5.41) is 10.3. The summed E-state index contributed by atoms with van der Waals surface area (Å²) in [7, 11) is 0. The van der Waals surface area contributed by atoms with Crippen LogP contribution in [0.4, 0.5) is 0 Å². The van der Waals surface area contributed by atoms with Crippen molar-refractivity contribution in [2.24, 2.45) is 0 Å². The molecule has 1 unspecified atom stereocenters. The number of carbonyl (C=O) groups is 1. The van der Waals surface area contributed by atoms with Crippen molar-refractivity contribution >= 4 is 11.4 Å². The number of ether oxygens (including phenoxy) is 1. The fourth-order valence-electron chi connectivity index (χ4n) is 3.27. The van der Waals surface area contributed by atoms with Crippen LogP contribution >= 0.6 is 0 Å². The van der Waals surface area contributed by atoms with Crippen LogP contribution in [0.15, 0.2) is 60.7 Å². The van der Waals surface area contributed by atoms with Crippen molar-refractivity contribution in [1.29, 1.82) is 0 Å². The van der Waals surface area contributed by atoms with Gasteiger partial charge in [0.15, 0.2) is 5.78 Å². The number of benzene rings is 2. The summed E-state index contributed by atoms with van der Waals surface area (Å²) < 4.78 is 5.66. The number of ketones is 1. The van der Waals surface area contributed by atoms with E-state index in [2.05, 4.69) is 30.3 Å².